The van der Waals surface area contributed by atoms with Gasteiger partial charge in [-0.05, 0) is 43.4 Å². The third-order valence-corrected chi connectivity index (χ3v) is 3.23. The van der Waals surface area contributed by atoms with Crippen molar-refractivity contribution >= 4 is 5.97 Å². The van der Waals surface area contributed by atoms with Crippen molar-refractivity contribution in [3.63, 3.8) is 0 Å². The van der Waals surface area contributed by atoms with Crippen molar-refractivity contribution in [3.8, 4) is 0 Å². The van der Waals surface area contributed by atoms with Gasteiger partial charge >= 0.3 is 5.97 Å². The van der Waals surface area contributed by atoms with Crippen LogP contribution < -0.4 is 5.32 Å². The molecule has 0 saturated carbocycles. The average molecular weight is 263 g/mol. The number of hydrogen-bond acceptors (Lipinski definition) is 2. The Hall–Kier alpha value is -1.35. The van der Waals surface area contributed by atoms with E-state index in [0.29, 0.717) is 18.4 Å². The Kier molecular flexibility index (Phi) is 6.57. The van der Waals surface area contributed by atoms with E-state index in [1.54, 1.807) is 0 Å². The van der Waals surface area contributed by atoms with E-state index in [1.165, 1.54) is 11.1 Å². The third kappa shape index (κ3) is 5.88. The molecular formula is C16H25NO2. The second-order valence-corrected chi connectivity index (χ2v) is 5.49. The first kappa shape index (κ1) is 15.7. The fourth-order valence-electron chi connectivity index (χ4n) is 2.29. The van der Waals surface area contributed by atoms with Gasteiger partial charge in [-0.25, -0.2) is 0 Å². The number of hydrogen-bond donors (Lipinski definition) is 2. The summed E-state index contributed by atoms with van der Waals surface area (Å²) in [6, 6.07) is 8.72. The first-order valence-electron chi connectivity index (χ1n) is 7.01. The van der Waals surface area contributed by atoms with Gasteiger partial charge in [-0.15, -0.1) is 0 Å². The molecule has 3 nitrogen and oxygen atoms in total. The molecule has 0 aliphatic carbocycles. The van der Waals surface area contributed by atoms with Crippen LogP contribution in [0.25, 0.3) is 0 Å². The van der Waals surface area contributed by atoms with E-state index in [1.807, 2.05) is 0 Å². The molecule has 1 aromatic carbocycles. The predicted molar refractivity (Wildman–Crippen MR) is 78.2 cm³/mol. The maximum Gasteiger partial charge on any atom is 0.303 e. The van der Waals surface area contributed by atoms with Crippen LogP contribution in [0.2, 0.25) is 0 Å². The van der Waals surface area contributed by atoms with Crippen molar-refractivity contribution in [3.05, 3.63) is 35.4 Å². The molecule has 0 heterocycles. The smallest absolute Gasteiger partial charge is 0.303 e. The lowest BCUT2D eigenvalue weighted by Crippen LogP contribution is -2.25. The summed E-state index contributed by atoms with van der Waals surface area (Å²) in [5, 5.41) is 12.2. The summed E-state index contributed by atoms with van der Waals surface area (Å²) >= 11 is 0. The zero-order chi connectivity index (χ0) is 14.3. The summed E-state index contributed by atoms with van der Waals surface area (Å²) in [6.45, 7) is 7.30. The van der Waals surface area contributed by atoms with Gasteiger partial charge in [-0.1, -0.05) is 38.1 Å². The molecule has 0 aliphatic rings. The molecule has 1 rings (SSSR count). The summed E-state index contributed by atoms with van der Waals surface area (Å²) in [5.41, 5.74) is 2.62. The van der Waals surface area contributed by atoms with E-state index in [0.717, 1.165) is 13.0 Å². The van der Waals surface area contributed by atoms with Gasteiger partial charge in [0.1, 0.15) is 0 Å². The van der Waals surface area contributed by atoms with Gasteiger partial charge in [-0.2, -0.15) is 0 Å². The van der Waals surface area contributed by atoms with Gasteiger partial charge in [-0.3, -0.25) is 4.79 Å². The molecule has 2 N–H and O–H groups in total. The minimum atomic E-state index is -0.724. The standard InChI is InChI=1S/C16H25NO2/c1-12(2)11-15(17-10-6-9-16(18)19)14-8-5-4-7-13(14)3/h4-5,7-8,12,15,17H,6,9-11H2,1-3H3,(H,18,19). The van der Waals surface area contributed by atoms with Gasteiger partial charge in [0.25, 0.3) is 0 Å². The number of aliphatic carboxylic acids is 1. The highest BCUT2D eigenvalue weighted by atomic mass is 16.4. The number of carbonyl (C=O) groups is 1. The monoisotopic (exact) mass is 263 g/mol. The fourth-order valence-corrected chi connectivity index (χ4v) is 2.29. The lowest BCUT2D eigenvalue weighted by Gasteiger charge is -2.22. The van der Waals surface area contributed by atoms with Crippen LogP contribution >= 0.6 is 0 Å². The van der Waals surface area contributed by atoms with E-state index >= 15 is 0 Å². The Balaban J connectivity index is 2.62. The van der Waals surface area contributed by atoms with Gasteiger partial charge in [0.05, 0.1) is 0 Å². The van der Waals surface area contributed by atoms with Crippen LogP contribution in [0.3, 0.4) is 0 Å². The Morgan fingerprint density at radius 2 is 2.00 bits per heavy atom. The number of rotatable bonds is 8. The van der Waals surface area contributed by atoms with E-state index in [-0.39, 0.29) is 6.42 Å². The van der Waals surface area contributed by atoms with Crippen LogP contribution in [0.5, 0.6) is 0 Å². The zero-order valence-electron chi connectivity index (χ0n) is 12.1. The first-order chi connectivity index (χ1) is 9.00. The lowest BCUT2D eigenvalue weighted by atomic mass is 9.94. The Morgan fingerprint density at radius 3 is 2.58 bits per heavy atom. The predicted octanol–water partition coefficient (Wildman–Crippen LogP) is 3.54. The van der Waals surface area contributed by atoms with Gasteiger partial charge in [0.15, 0.2) is 0 Å². The zero-order valence-corrected chi connectivity index (χ0v) is 12.1. The van der Waals surface area contributed by atoms with Crippen molar-refractivity contribution in [2.24, 2.45) is 5.92 Å². The van der Waals surface area contributed by atoms with E-state index in [2.05, 4.69) is 50.4 Å². The number of carboxylic acid groups (broad SMARTS) is 1. The highest BCUT2D eigenvalue weighted by molar-refractivity contribution is 5.66. The quantitative estimate of drug-likeness (QED) is 0.705. The highest BCUT2D eigenvalue weighted by Crippen LogP contribution is 2.24. The van der Waals surface area contributed by atoms with Crippen LogP contribution in [0.15, 0.2) is 24.3 Å². The number of aryl methyl sites for hydroxylation is 1. The molecule has 0 radical (unpaired) electrons. The number of carboxylic acids is 1. The van der Waals surface area contributed by atoms with Crippen LogP contribution in [0.1, 0.15) is 50.3 Å². The molecule has 0 aromatic heterocycles. The molecule has 1 unspecified atom stereocenters. The molecule has 0 spiro atoms. The Labute approximate surface area is 116 Å². The summed E-state index contributed by atoms with van der Waals surface area (Å²) in [7, 11) is 0. The lowest BCUT2D eigenvalue weighted by molar-refractivity contribution is -0.137. The SMILES string of the molecule is Cc1ccccc1C(CC(C)C)NCCCC(=O)O. The fraction of sp³-hybridized carbons (Fsp3) is 0.562. The maximum atomic E-state index is 10.5. The molecule has 0 bridgehead atoms. The molecular weight excluding hydrogens is 238 g/mol. The van der Waals surface area contributed by atoms with Crippen LogP contribution in [0, 0.1) is 12.8 Å². The van der Waals surface area contributed by atoms with E-state index < -0.39 is 5.97 Å². The molecule has 0 aliphatic heterocycles. The average Bonchev–Trinajstić information content (AvgIpc) is 2.33. The normalized spacial score (nSPS) is 12.6. The topological polar surface area (TPSA) is 49.3 Å². The van der Waals surface area contributed by atoms with Crippen LogP contribution in [0.4, 0.5) is 0 Å². The minimum absolute atomic E-state index is 0.231. The third-order valence-electron chi connectivity index (χ3n) is 3.23. The van der Waals surface area contributed by atoms with Crippen molar-refractivity contribution in [2.75, 3.05) is 6.54 Å². The van der Waals surface area contributed by atoms with Gasteiger partial charge in [0.2, 0.25) is 0 Å². The largest absolute Gasteiger partial charge is 0.481 e. The van der Waals surface area contributed by atoms with E-state index in [9.17, 15) is 4.79 Å². The summed E-state index contributed by atoms with van der Waals surface area (Å²) in [5.74, 6) is -0.116. The van der Waals surface area contributed by atoms with Crippen molar-refractivity contribution in [1.82, 2.24) is 5.32 Å². The van der Waals surface area contributed by atoms with E-state index in [4.69, 9.17) is 5.11 Å². The molecule has 3 heteroatoms. The van der Waals surface area contributed by atoms with Crippen molar-refractivity contribution in [1.29, 1.82) is 0 Å². The Bertz CT molecular complexity index is 401. The first-order valence-corrected chi connectivity index (χ1v) is 7.01. The second kappa shape index (κ2) is 7.95. The van der Waals surface area contributed by atoms with Gasteiger partial charge in [0, 0.05) is 12.5 Å². The van der Waals surface area contributed by atoms with Gasteiger partial charge < -0.3 is 10.4 Å². The summed E-state index contributed by atoms with van der Waals surface area (Å²) in [6.07, 6.45) is 1.98. The Morgan fingerprint density at radius 1 is 1.32 bits per heavy atom. The maximum absolute atomic E-state index is 10.5. The number of benzene rings is 1. The molecule has 1 aromatic rings. The number of nitrogens with one attached hydrogen (secondary N) is 1. The molecule has 106 valence electrons. The van der Waals surface area contributed by atoms with Crippen LogP contribution in [-0.2, 0) is 4.79 Å². The molecule has 0 fully saturated rings. The minimum Gasteiger partial charge on any atom is -0.481 e. The van der Waals surface area contributed by atoms with Crippen LogP contribution in [-0.4, -0.2) is 17.6 Å². The molecule has 0 saturated heterocycles. The molecule has 0 amide bonds. The summed E-state index contributed by atoms with van der Waals surface area (Å²) in [4.78, 5) is 10.5. The van der Waals surface area contributed by atoms with Crippen molar-refractivity contribution < 1.29 is 9.90 Å². The molecule has 19 heavy (non-hydrogen) atoms. The molecule has 1 atom stereocenters. The van der Waals surface area contributed by atoms with Crippen molar-refractivity contribution in [2.45, 2.75) is 46.1 Å². The second-order valence-electron chi connectivity index (χ2n) is 5.49. The summed E-state index contributed by atoms with van der Waals surface area (Å²) < 4.78 is 0. The highest BCUT2D eigenvalue weighted by Gasteiger charge is 2.14.